The van der Waals surface area contributed by atoms with Crippen LogP contribution in [0.4, 0.5) is 0 Å². The van der Waals surface area contributed by atoms with Crippen LogP contribution in [0, 0.1) is 0 Å². The van der Waals surface area contributed by atoms with Gasteiger partial charge in [0.15, 0.2) is 4.67 Å². The Hall–Kier alpha value is -1.03. The minimum absolute atomic E-state index is 0.584. The van der Waals surface area contributed by atoms with Gasteiger partial charge in [0, 0.05) is 12.3 Å². The average molecular weight is 228 g/mol. The number of methoxy groups -OCH3 is 1. The minimum atomic E-state index is 0.584. The van der Waals surface area contributed by atoms with E-state index in [1.54, 1.807) is 19.4 Å². The summed E-state index contributed by atoms with van der Waals surface area (Å²) in [5.74, 6) is 0.773. The van der Waals surface area contributed by atoms with E-state index >= 15 is 0 Å². The fourth-order valence-corrected chi connectivity index (χ4v) is 1.45. The zero-order valence-electron chi connectivity index (χ0n) is 6.37. The molecule has 2 rings (SSSR count). The Kier molecular flexibility index (Phi) is 1.77. The Labute approximate surface area is 77.5 Å². The van der Waals surface area contributed by atoms with Gasteiger partial charge in [-0.1, -0.05) is 0 Å². The molecule has 0 amide bonds. The van der Waals surface area contributed by atoms with Crippen molar-refractivity contribution in [1.82, 2.24) is 4.98 Å². The summed E-state index contributed by atoms with van der Waals surface area (Å²) < 4.78 is 11.0. The van der Waals surface area contributed by atoms with Crippen LogP contribution in [0.3, 0.4) is 0 Å². The van der Waals surface area contributed by atoms with Crippen LogP contribution in [0.5, 0.6) is 5.75 Å². The average Bonchev–Trinajstić information content (AvgIpc) is 2.44. The highest BCUT2D eigenvalue weighted by molar-refractivity contribution is 9.10. The summed E-state index contributed by atoms with van der Waals surface area (Å²) in [6.07, 6.45) is 1.65. The summed E-state index contributed by atoms with van der Waals surface area (Å²) in [6, 6.07) is 3.63. The summed E-state index contributed by atoms with van der Waals surface area (Å²) in [7, 11) is 1.62. The zero-order valence-corrected chi connectivity index (χ0v) is 7.96. The molecule has 12 heavy (non-hydrogen) atoms. The molecule has 0 saturated carbocycles. The molecule has 0 radical (unpaired) electrons. The van der Waals surface area contributed by atoms with Gasteiger partial charge in [0.05, 0.1) is 12.5 Å². The lowest BCUT2D eigenvalue weighted by Gasteiger charge is -1.97. The molecule has 0 aliphatic carbocycles. The Morgan fingerprint density at radius 3 is 3.17 bits per heavy atom. The zero-order chi connectivity index (χ0) is 8.55. The van der Waals surface area contributed by atoms with E-state index in [0.717, 1.165) is 11.1 Å². The molecule has 0 N–H and O–H groups in total. The number of ether oxygens (including phenoxy) is 1. The largest absolute Gasteiger partial charge is 0.496 e. The molecule has 3 nitrogen and oxygen atoms in total. The molecule has 0 aliphatic heterocycles. The molecule has 2 aromatic rings. The van der Waals surface area contributed by atoms with E-state index in [9.17, 15) is 0 Å². The van der Waals surface area contributed by atoms with Crippen LogP contribution >= 0.6 is 15.9 Å². The van der Waals surface area contributed by atoms with Crippen LogP contribution in [0.1, 0.15) is 0 Å². The predicted octanol–water partition coefficient (Wildman–Crippen LogP) is 2.60. The Morgan fingerprint density at radius 2 is 2.42 bits per heavy atom. The van der Waals surface area contributed by atoms with Crippen molar-refractivity contribution in [2.24, 2.45) is 0 Å². The van der Waals surface area contributed by atoms with Crippen molar-refractivity contribution in [1.29, 1.82) is 0 Å². The van der Waals surface area contributed by atoms with Crippen molar-refractivity contribution in [2.45, 2.75) is 0 Å². The van der Waals surface area contributed by atoms with Crippen LogP contribution in [-0.2, 0) is 0 Å². The number of hydrogen-bond donors (Lipinski definition) is 0. The van der Waals surface area contributed by atoms with Crippen LogP contribution in [0.15, 0.2) is 27.4 Å². The highest BCUT2D eigenvalue weighted by Gasteiger charge is 2.06. The lowest BCUT2D eigenvalue weighted by atomic mass is 10.3. The van der Waals surface area contributed by atoms with Gasteiger partial charge in [-0.25, -0.2) is 4.98 Å². The molecule has 0 aromatic carbocycles. The molecule has 0 unspecified atom stereocenters. The maximum atomic E-state index is 5.24. The number of hydrogen-bond acceptors (Lipinski definition) is 3. The first-order valence-electron chi connectivity index (χ1n) is 3.39. The van der Waals surface area contributed by atoms with Gasteiger partial charge in [-0.05, 0) is 22.0 Å². The van der Waals surface area contributed by atoms with Crippen LogP contribution < -0.4 is 4.74 Å². The van der Waals surface area contributed by atoms with E-state index < -0.39 is 0 Å². The predicted molar refractivity (Wildman–Crippen MR) is 48.3 cm³/mol. The van der Waals surface area contributed by atoms with Crippen molar-refractivity contribution in [3.63, 3.8) is 0 Å². The van der Waals surface area contributed by atoms with Crippen molar-refractivity contribution in [3.05, 3.63) is 23.0 Å². The minimum Gasteiger partial charge on any atom is -0.496 e. The van der Waals surface area contributed by atoms with E-state index in [1.807, 2.05) is 6.07 Å². The highest BCUT2D eigenvalue weighted by atomic mass is 79.9. The molecular formula is C8H6BrNO2. The Balaban J connectivity index is 2.78. The lowest BCUT2D eigenvalue weighted by molar-refractivity contribution is 0.419. The molecule has 4 heteroatoms. The summed E-state index contributed by atoms with van der Waals surface area (Å²) in [6.45, 7) is 0. The maximum Gasteiger partial charge on any atom is 0.231 e. The second-order valence-electron chi connectivity index (χ2n) is 2.28. The molecule has 0 saturated heterocycles. The number of rotatable bonds is 1. The fraction of sp³-hybridized carbons (Fsp3) is 0.125. The van der Waals surface area contributed by atoms with Gasteiger partial charge in [0.1, 0.15) is 5.75 Å². The third-order valence-electron chi connectivity index (χ3n) is 1.59. The third kappa shape index (κ3) is 1.08. The van der Waals surface area contributed by atoms with Gasteiger partial charge in [-0.3, -0.25) is 0 Å². The molecular weight excluding hydrogens is 222 g/mol. The van der Waals surface area contributed by atoms with Crippen molar-refractivity contribution < 1.29 is 9.15 Å². The van der Waals surface area contributed by atoms with Crippen molar-refractivity contribution in [2.75, 3.05) is 7.11 Å². The first-order valence-corrected chi connectivity index (χ1v) is 4.18. The number of aromatic nitrogens is 1. The van der Waals surface area contributed by atoms with Crippen LogP contribution in [0.2, 0.25) is 0 Å². The second kappa shape index (κ2) is 2.79. The maximum absolute atomic E-state index is 5.24. The quantitative estimate of drug-likeness (QED) is 0.752. The lowest BCUT2D eigenvalue weighted by Crippen LogP contribution is -1.83. The summed E-state index contributed by atoms with van der Waals surface area (Å²) in [4.78, 5) is 4.03. The van der Waals surface area contributed by atoms with Gasteiger partial charge in [0.25, 0.3) is 0 Å². The normalized spacial score (nSPS) is 10.5. The molecule has 2 heterocycles. The van der Waals surface area contributed by atoms with Gasteiger partial charge >= 0.3 is 0 Å². The van der Waals surface area contributed by atoms with E-state index in [4.69, 9.17) is 9.15 Å². The standard InChI is InChI=1S/C8H6BrNO2/c1-11-6-2-3-10-8-5(6)4-7(9)12-8/h2-4H,1H3. The molecule has 0 fully saturated rings. The molecule has 2 aromatic heterocycles. The fourth-order valence-electron chi connectivity index (χ4n) is 1.06. The number of nitrogens with zero attached hydrogens (tertiary/aromatic N) is 1. The SMILES string of the molecule is COc1ccnc2oc(Br)cc12. The van der Waals surface area contributed by atoms with Gasteiger partial charge in [-0.2, -0.15) is 0 Å². The van der Waals surface area contributed by atoms with Crippen molar-refractivity contribution >= 4 is 27.0 Å². The molecule has 0 aliphatic rings. The topological polar surface area (TPSA) is 35.3 Å². The summed E-state index contributed by atoms with van der Waals surface area (Å²) in [5, 5.41) is 0.881. The Bertz CT molecular complexity index is 410. The van der Waals surface area contributed by atoms with Crippen molar-refractivity contribution in [3.8, 4) is 5.75 Å². The summed E-state index contributed by atoms with van der Waals surface area (Å²) in [5.41, 5.74) is 0.584. The van der Waals surface area contributed by atoms with Crippen LogP contribution in [0.25, 0.3) is 11.1 Å². The van der Waals surface area contributed by atoms with Gasteiger partial charge < -0.3 is 9.15 Å². The highest BCUT2D eigenvalue weighted by Crippen LogP contribution is 2.28. The molecule has 0 atom stereocenters. The number of halogens is 1. The second-order valence-corrected chi connectivity index (χ2v) is 3.06. The molecule has 62 valence electrons. The monoisotopic (exact) mass is 227 g/mol. The van der Waals surface area contributed by atoms with Gasteiger partial charge in [-0.15, -0.1) is 0 Å². The van der Waals surface area contributed by atoms with Crippen LogP contribution in [-0.4, -0.2) is 12.1 Å². The van der Waals surface area contributed by atoms with E-state index in [2.05, 4.69) is 20.9 Å². The smallest absolute Gasteiger partial charge is 0.231 e. The number of fused-ring (bicyclic) bond motifs is 1. The van der Waals surface area contributed by atoms with E-state index in [1.165, 1.54) is 0 Å². The summed E-state index contributed by atoms with van der Waals surface area (Å²) >= 11 is 3.23. The third-order valence-corrected chi connectivity index (χ3v) is 1.98. The first-order chi connectivity index (χ1) is 5.81. The molecule has 0 bridgehead atoms. The van der Waals surface area contributed by atoms with Gasteiger partial charge in [0.2, 0.25) is 5.71 Å². The van der Waals surface area contributed by atoms with E-state index in [0.29, 0.717) is 10.4 Å². The Morgan fingerprint density at radius 1 is 1.58 bits per heavy atom. The number of furan rings is 1. The first kappa shape index (κ1) is 7.61. The van der Waals surface area contributed by atoms with E-state index in [-0.39, 0.29) is 0 Å². The molecule has 0 spiro atoms. The number of pyridine rings is 1.